The number of nitrogens with zero attached hydrogens (tertiary/aromatic N) is 1. The first-order chi connectivity index (χ1) is 9.03. The molecule has 0 aliphatic heterocycles. The lowest BCUT2D eigenvalue weighted by Crippen LogP contribution is -2.34. The van der Waals surface area contributed by atoms with Crippen LogP contribution >= 0.6 is 11.3 Å². The van der Waals surface area contributed by atoms with Crippen molar-refractivity contribution < 1.29 is 8.42 Å². The number of thiophene rings is 1. The molecule has 1 unspecified atom stereocenters. The first-order valence-corrected chi connectivity index (χ1v) is 8.16. The van der Waals surface area contributed by atoms with Gasteiger partial charge in [-0.15, -0.1) is 11.3 Å². The molecule has 2 aromatic rings. The Morgan fingerprint density at radius 1 is 1.58 bits per heavy atom. The summed E-state index contributed by atoms with van der Waals surface area (Å²) in [7, 11) is -3.61. The van der Waals surface area contributed by atoms with Crippen molar-refractivity contribution in [3.8, 4) is 0 Å². The molecule has 0 bridgehead atoms. The number of nitrogens with one attached hydrogen (secondary N) is 2. The lowest BCUT2D eigenvalue weighted by molar-refractivity contribution is 0.555. The Hall–Kier alpha value is -1.22. The maximum Gasteiger partial charge on any atom is 0.258 e. The van der Waals surface area contributed by atoms with E-state index in [1.165, 1.54) is 6.20 Å². The molecular weight excluding hydrogens is 284 g/mol. The molecule has 0 spiro atoms. The van der Waals surface area contributed by atoms with Crippen LogP contribution in [0.15, 0.2) is 28.7 Å². The Morgan fingerprint density at radius 2 is 2.37 bits per heavy atom. The fourth-order valence-corrected chi connectivity index (χ4v) is 3.99. The van der Waals surface area contributed by atoms with E-state index in [9.17, 15) is 8.42 Å². The molecule has 6 nitrogen and oxygen atoms in total. The molecule has 104 valence electrons. The van der Waals surface area contributed by atoms with E-state index in [0.717, 1.165) is 4.88 Å². The number of rotatable bonds is 6. The monoisotopic (exact) mass is 300 g/mol. The summed E-state index contributed by atoms with van der Waals surface area (Å²) in [5.74, 6) is 0. The van der Waals surface area contributed by atoms with Gasteiger partial charge in [0.15, 0.2) is 5.03 Å². The number of H-pyrrole nitrogens is 1. The maximum atomic E-state index is 12.2. The molecule has 8 heteroatoms. The Balaban J connectivity index is 2.09. The Kier molecular flexibility index (Phi) is 4.35. The van der Waals surface area contributed by atoms with E-state index in [4.69, 9.17) is 5.73 Å². The van der Waals surface area contributed by atoms with Crippen molar-refractivity contribution in [3.05, 3.63) is 34.2 Å². The SMILES string of the molecule is CC(Cc1cccs1)NS(=O)(=O)c1[nH]ncc1CN. The zero-order chi connectivity index (χ0) is 13.9. The van der Waals surface area contributed by atoms with E-state index in [-0.39, 0.29) is 17.6 Å². The van der Waals surface area contributed by atoms with Gasteiger partial charge in [0.25, 0.3) is 10.0 Å². The second-order valence-electron chi connectivity index (χ2n) is 4.23. The number of hydrogen-bond acceptors (Lipinski definition) is 5. The van der Waals surface area contributed by atoms with Gasteiger partial charge in [-0.05, 0) is 24.8 Å². The highest BCUT2D eigenvalue weighted by molar-refractivity contribution is 7.89. The average Bonchev–Trinajstić information content (AvgIpc) is 2.97. The molecule has 19 heavy (non-hydrogen) atoms. The van der Waals surface area contributed by atoms with Gasteiger partial charge in [-0.1, -0.05) is 6.07 Å². The molecule has 2 rings (SSSR count). The number of hydrogen-bond donors (Lipinski definition) is 3. The van der Waals surface area contributed by atoms with Gasteiger partial charge in [0.05, 0.1) is 6.20 Å². The molecule has 1 atom stereocenters. The molecule has 0 amide bonds. The van der Waals surface area contributed by atoms with Crippen molar-refractivity contribution in [1.29, 1.82) is 0 Å². The average molecular weight is 300 g/mol. The minimum Gasteiger partial charge on any atom is -0.326 e. The summed E-state index contributed by atoms with van der Waals surface area (Å²) in [4.78, 5) is 1.14. The quantitative estimate of drug-likeness (QED) is 0.736. The van der Waals surface area contributed by atoms with E-state index >= 15 is 0 Å². The smallest absolute Gasteiger partial charge is 0.258 e. The number of aromatic amines is 1. The minimum atomic E-state index is -3.61. The van der Waals surface area contributed by atoms with Crippen LogP contribution in [-0.2, 0) is 23.0 Å². The molecule has 0 aliphatic rings. The predicted octanol–water partition coefficient (Wildman–Crippen LogP) is 0.839. The zero-order valence-corrected chi connectivity index (χ0v) is 12.1. The van der Waals surface area contributed by atoms with Crippen LogP contribution in [-0.4, -0.2) is 24.7 Å². The molecular formula is C11H16N4O2S2. The highest BCUT2D eigenvalue weighted by Gasteiger charge is 2.22. The maximum absolute atomic E-state index is 12.2. The summed E-state index contributed by atoms with van der Waals surface area (Å²) in [5.41, 5.74) is 5.96. The Labute approximate surface area is 116 Å². The number of sulfonamides is 1. The second-order valence-corrected chi connectivity index (χ2v) is 6.92. The second kappa shape index (κ2) is 5.83. The van der Waals surface area contributed by atoms with Crippen molar-refractivity contribution in [2.75, 3.05) is 0 Å². The molecule has 2 heterocycles. The summed E-state index contributed by atoms with van der Waals surface area (Å²) in [6.45, 7) is 1.96. The normalized spacial score (nSPS) is 13.6. The van der Waals surface area contributed by atoms with Crippen molar-refractivity contribution in [1.82, 2.24) is 14.9 Å². The van der Waals surface area contributed by atoms with Crippen LogP contribution < -0.4 is 10.5 Å². The van der Waals surface area contributed by atoms with Gasteiger partial charge in [-0.25, -0.2) is 13.1 Å². The van der Waals surface area contributed by atoms with Gasteiger partial charge >= 0.3 is 0 Å². The van der Waals surface area contributed by atoms with Gasteiger partial charge in [-0.3, -0.25) is 5.10 Å². The van der Waals surface area contributed by atoms with E-state index in [1.54, 1.807) is 11.3 Å². The van der Waals surface area contributed by atoms with Crippen molar-refractivity contribution in [2.24, 2.45) is 5.73 Å². The third-order valence-corrected chi connectivity index (χ3v) is 5.11. The van der Waals surface area contributed by atoms with E-state index in [2.05, 4.69) is 14.9 Å². The first-order valence-electron chi connectivity index (χ1n) is 5.80. The van der Waals surface area contributed by atoms with Gasteiger partial charge < -0.3 is 5.73 Å². The summed E-state index contributed by atoms with van der Waals surface area (Å²) >= 11 is 1.61. The molecule has 0 saturated heterocycles. The summed E-state index contributed by atoms with van der Waals surface area (Å²) < 4.78 is 27.0. The van der Waals surface area contributed by atoms with Crippen LogP contribution in [0.25, 0.3) is 0 Å². The van der Waals surface area contributed by atoms with Crippen molar-refractivity contribution >= 4 is 21.4 Å². The van der Waals surface area contributed by atoms with Gasteiger partial charge in [0, 0.05) is 23.0 Å². The topological polar surface area (TPSA) is 101 Å². The van der Waals surface area contributed by atoms with Crippen LogP contribution in [0, 0.1) is 0 Å². The van der Waals surface area contributed by atoms with Crippen molar-refractivity contribution in [3.63, 3.8) is 0 Å². The van der Waals surface area contributed by atoms with Gasteiger partial charge in [-0.2, -0.15) is 5.10 Å². The molecule has 0 fully saturated rings. The fourth-order valence-electron chi connectivity index (χ4n) is 1.77. The molecule has 2 aromatic heterocycles. The van der Waals surface area contributed by atoms with E-state index in [1.807, 2.05) is 24.4 Å². The lowest BCUT2D eigenvalue weighted by atomic mass is 10.2. The van der Waals surface area contributed by atoms with Gasteiger partial charge in [0.2, 0.25) is 0 Å². The third kappa shape index (κ3) is 3.41. The van der Waals surface area contributed by atoms with Crippen LogP contribution in [0.1, 0.15) is 17.4 Å². The summed E-state index contributed by atoms with van der Waals surface area (Å²) in [5, 5.41) is 8.22. The third-order valence-electron chi connectivity index (χ3n) is 2.61. The molecule has 4 N–H and O–H groups in total. The standard InChI is InChI=1S/C11H16N4O2S2/c1-8(5-10-3-2-4-18-10)15-19(16,17)11-9(6-12)7-13-14-11/h2-4,7-8,15H,5-6,12H2,1H3,(H,13,14). The first kappa shape index (κ1) is 14.2. The Bertz CT molecular complexity index is 619. The molecule has 0 aliphatic carbocycles. The molecule has 0 aromatic carbocycles. The van der Waals surface area contributed by atoms with E-state index in [0.29, 0.717) is 12.0 Å². The minimum absolute atomic E-state index is 0.0491. The highest BCUT2D eigenvalue weighted by Crippen LogP contribution is 2.14. The van der Waals surface area contributed by atoms with Crippen molar-refractivity contribution in [2.45, 2.75) is 31.0 Å². The summed E-state index contributed by atoms with van der Waals surface area (Å²) in [6.07, 6.45) is 2.08. The lowest BCUT2D eigenvalue weighted by Gasteiger charge is -2.13. The fraction of sp³-hybridized carbons (Fsp3) is 0.364. The largest absolute Gasteiger partial charge is 0.326 e. The molecule has 0 radical (unpaired) electrons. The molecule has 0 saturated carbocycles. The van der Waals surface area contributed by atoms with Crippen LogP contribution in [0.2, 0.25) is 0 Å². The van der Waals surface area contributed by atoms with Gasteiger partial charge in [0.1, 0.15) is 0 Å². The summed E-state index contributed by atoms with van der Waals surface area (Å²) in [6, 6.07) is 3.73. The number of nitrogens with two attached hydrogens (primary N) is 1. The van der Waals surface area contributed by atoms with Crippen LogP contribution in [0.5, 0.6) is 0 Å². The van der Waals surface area contributed by atoms with Crippen LogP contribution in [0.3, 0.4) is 0 Å². The Morgan fingerprint density at radius 3 is 3.00 bits per heavy atom. The number of aromatic nitrogens is 2. The van der Waals surface area contributed by atoms with E-state index < -0.39 is 10.0 Å². The zero-order valence-electron chi connectivity index (χ0n) is 10.5. The van der Waals surface area contributed by atoms with Crippen LogP contribution in [0.4, 0.5) is 0 Å². The predicted molar refractivity (Wildman–Crippen MR) is 74.3 cm³/mol. The highest BCUT2D eigenvalue weighted by atomic mass is 32.2.